The Morgan fingerprint density at radius 3 is 1.54 bits per heavy atom. The predicted molar refractivity (Wildman–Crippen MR) is 194 cm³/mol. The topological polar surface area (TPSA) is 63.8 Å². The van der Waals surface area contributed by atoms with Crippen molar-refractivity contribution in [3.05, 3.63) is 168 Å². The highest BCUT2D eigenvalue weighted by Crippen LogP contribution is 2.54. The summed E-state index contributed by atoms with van der Waals surface area (Å²) in [6.45, 7) is 2.36. The van der Waals surface area contributed by atoms with Crippen LogP contribution in [-0.2, 0) is 19.7 Å². The molecule has 0 aliphatic carbocycles. The number of amides is 1. The molecule has 2 unspecified atom stereocenters. The number of carbonyl (C=O) groups excluding carboxylic acids is 1. The minimum atomic E-state index is -1.20. The maximum absolute atomic E-state index is 15.6. The number of carbonyl (C=O) groups is 1. The Balaban J connectivity index is 1.29. The molecule has 50 heavy (non-hydrogen) atoms. The van der Waals surface area contributed by atoms with Gasteiger partial charge in [-0.1, -0.05) is 109 Å². The summed E-state index contributed by atoms with van der Waals surface area (Å²) < 4.78 is 23.6. The van der Waals surface area contributed by atoms with E-state index >= 15 is 4.79 Å². The molecule has 9 rings (SSSR count). The number of anilines is 2. The summed E-state index contributed by atoms with van der Waals surface area (Å²) >= 11 is 0. The third-order valence-corrected chi connectivity index (χ3v) is 9.74. The van der Waals surface area contributed by atoms with E-state index in [0.29, 0.717) is 26.4 Å². The predicted octanol–water partition coefficient (Wildman–Crippen LogP) is 8.59. The Labute approximate surface area is 291 Å². The molecular weight excluding hydrogens is 622 g/mol. The molecule has 3 aliphatic heterocycles. The van der Waals surface area contributed by atoms with Crippen molar-refractivity contribution in [2.45, 2.75) is 17.6 Å². The molecule has 246 valence electrons. The molecule has 6 aromatic rings. The van der Waals surface area contributed by atoms with Gasteiger partial charge in [-0.05, 0) is 64.7 Å². The third kappa shape index (κ3) is 5.43. The number of hydrogen-bond donors (Lipinski definition) is 0. The van der Waals surface area contributed by atoms with E-state index in [2.05, 4.69) is 54.6 Å². The molecule has 3 heterocycles. The summed E-state index contributed by atoms with van der Waals surface area (Å²) in [6, 6.07) is 50.9. The van der Waals surface area contributed by atoms with E-state index in [0.717, 1.165) is 61.8 Å². The van der Waals surface area contributed by atoms with Crippen molar-refractivity contribution < 1.29 is 23.7 Å². The lowest BCUT2D eigenvalue weighted by atomic mass is 9.69. The molecule has 0 radical (unpaired) electrons. The standard InChI is InChI=1S/C44H35NO5/c46-43-44(39-18-10-11-19-40(39)45(43)34-16-8-3-9-17-34,32-20-22-41(49-28-35-26-47-35)37(24-32)30-12-4-1-5-13-30)33-21-23-42(50-29-36-27-48-36)38(25-33)31-14-6-2-7-15-31/h1-25,35-36H,26-29H2. The summed E-state index contributed by atoms with van der Waals surface area (Å²) in [4.78, 5) is 17.5. The third-order valence-electron chi connectivity index (χ3n) is 9.74. The van der Waals surface area contributed by atoms with E-state index < -0.39 is 5.41 Å². The van der Waals surface area contributed by atoms with Crippen molar-refractivity contribution in [3.8, 4) is 33.8 Å². The van der Waals surface area contributed by atoms with Gasteiger partial charge in [-0.25, -0.2) is 0 Å². The molecule has 1 amide bonds. The minimum absolute atomic E-state index is 0.0528. The van der Waals surface area contributed by atoms with E-state index in [1.165, 1.54) is 0 Å². The second-order valence-electron chi connectivity index (χ2n) is 12.9. The lowest BCUT2D eigenvalue weighted by molar-refractivity contribution is -0.120. The number of hydrogen-bond acceptors (Lipinski definition) is 5. The first-order chi connectivity index (χ1) is 24.7. The van der Waals surface area contributed by atoms with Crippen molar-refractivity contribution in [1.29, 1.82) is 0 Å². The van der Waals surface area contributed by atoms with Gasteiger partial charge in [0.1, 0.15) is 42.3 Å². The lowest BCUT2D eigenvalue weighted by Crippen LogP contribution is -2.40. The normalized spacial score (nSPS) is 20.3. The van der Waals surface area contributed by atoms with Gasteiger partial charge < -0.3 is 18.9 Å². The lowest BCUT2D eigenvalue weighted by Gasteiger charge is -2.32. The van der Waals surface area contributed by atoms with Crippen LogP contribution < -0.4 is 14.4 Å². The SMILES string of the molecule is O=C1N(c2ccccc2)c2ccccc2C1(c1ccc(OCC2CO2)c(-c2ccccc2)c1)c1ccc(OCC2CO2)c(-c2ccccc2)c1. The fraction of sp³-hybridized carbons (Fsp3) is 0.159. The minimum Gasteiger partial charge on any atom is -0.490 e. The van der Waals surface area contributed by atoms with Crippen LogP contribution in [0.15, 0.2) is 152 Å². The van der Waals surface area contributed by atoms with Crippen molar-refractivity contribution >= 4 is 17.3 Å². The molecule has 2 atom stereocenters. The molecule has 0 N–H and O–H groups in total. The fourth-order valence-electron chi connectivity index (χ4n) is 7.09. The Hall–Kier alpha value is -5.69. The molecule has 6 nitrogen and oxygen atoms in total. The van der Waals surface area contributed by atoms with Gasteiger partial charge in [0.2, 0.25) is 0 Å². The van der Waals surface area contributed by atoms with Gasteiger partial charge in [-0.3, -0.25) is 9.69 Å². The largest absolute Gasteiger partial charge is 0.490 e. The summed E-state index contributed by atoms with van der Waals surface area (Å²) in [5.41, 5.74) is 6.91. The average Bonchev–Trinajstić information content (AvgIpc) is 4.13. The molecule has 2 fully saturated rings. The van der Waals surface area contributed by atoms with Crippen LogP contribution in [0.3, 0.4) is 0 Å². The maximum atomic E-state index is 15.6. The van der Waals surface area contributed by atoms with Crippen LogP contribution in [0, 0.1) is 0 Å². The zero-order valence-electron chi connectivity index (χ0n) is 27.4. The molecule has 2 saturated heterocycles. The molecule has 0 aromatic heterocycles. The van der Waals surface area contributed by atoms with E-state index in [9.17, 15) is 0 Å². The zero-order valence-corrected chi connectivity index (χ0v) is 27.4. The number of benzene rings is 6. The Morgan fingerprint density at radius 2 is 1.04 bits per heavy atom. The number of rotatable bonds is 11. The second-order valence-corrected chi connectivity index (χ2v) is 12.9. The van der Waals surface area contributed by atoms with Gasteiger partial charge in [-0.2, -0.15) is 0 Å². The highest BCUT2D eigenvalue weighted by molar-refractivity contribution is 6.17. The molecule has 6 heteroatoms. The van der Waals surface area contributed by atoms with Gasteiger partial charge in [0.25, 0.3) is 5.91 Å². The van der Waals surface area contributed by atoms with E-state index in [-0.39, 0.29) is 18.1 Å². The number of nitrogens with zero attached hydrogens (tertiary/aromatic N) is 1. The summed E-state index contributed by atoms with van der Waals surface area (Å²) in [5.74, 6) is 1.45. The summed E-state index contributed by atoms with van der Waals surface area (Å²) in [7, 11) is 0. The van der Waals surface area contributed by atoms with Gasteiger partial charge in [0.05, 0.1) is 18.9 Å². The van der Waals surface area contributed by atoms with E-state index in [1.54, 1.807) is 0 Å². The van der Waals surface area contributed by atoms with Crippen LogP contribution in [-0.4, -0.2) is 44.5 Å². The van der Waals surface area contributed by atoms with E-state index in [1.807, 2.05) is 102 Å². The van der Waals surface area contributed by atoms with Gasteiger partial charge in [-0.15, -0.1) is 0 Å². The molecule has 0 spiro atoms. The fourth-order valence-corrected chi connectivity index (χ4v) is 7.09. The molecular formula is C44H35NO5. The molecule has 0 saturated carbocycles. The van der Waals surface area contributed by atoms with Crippen molar-refractivity contribution in [1.82, 2.24) is 0 Å². The van der Waals surface area contributed by atoms with Crippen molar-refractivity contribution in [2.75, 3.05) is 31.3 Å². The number of para-hydroxylation sites is 2. The Bertz CT molecular complexity index is 2060. The van der Waals surface area contributed by atoms with Gasteiger partial charge in [0.15, 0.2) is 0 Å². The number of fused-ring (bicyclic) bond motifs is 1. The highest BCUT2D eigenvalue weighted by Gasteiger charge is 2.54. The molecule has 6 aromatic carbocycles. The van der Waals surface area contributed by atoms with E-state index in [4.69, 9.17) is 18.9 Å². The van der Waals surface area contributed by atoms with Crippen LogP contribution >= 0.6 is 0 Å². The highest BCUT2D eigenvalue weighted by atomic mass is 16.6. The number of ether oxygens (including phenoxy) is 4. The molecule has 0 bridgehead atoms. The first kappa shape index (κ1) is 30.4. The Morgan fingerprint density at radius 1 is 0.580 bits per heavy atom. The number of epoxide rings is 2. The zero-order chi connectivity index (χ0) is 33.5. The van der Waals surface area contributed by atoms with Crippen LogP contribution in [0.2, 0.25) is 0 Å². The summed E-state index contributed by atoms with van der Waals surface area (Å²) in [5, 5.41) is 0. The second kappa shape index (κ2) is 12.6. The molecule has 3 aliphatic rings. The first-order valence-electron chi connectivity index (χ1n) is 17.1. The maximum Gasteiger partial charge on any atom is 0.251 e. The van der Waals surface area contributed by atoms with Crippen molar-refractivity contribution in [3.63, 3.8) is 0 Å². The van der Waals surface area contributed by atoms with Gasteiger partial charge in [0, 0.05) is 22.4 Å². The quantitative estimate of drug-likeness (QED) is 0.131. The van der Waals surface area contributed by atoms with Gasteiger partial charge >= 0.3 is 0 Å². The summed E-state index contributed by atoms with van der Waals surface area (Å²) in [6.07, 6.45) is 0.215. The Kier molecular flexibility index (Phi) is 7.68. The van der Waals surface area contributed by atoms with Crippen LogP contribution in [0.1, 0.15) is 16.7 Å². The van der Waals surface area contributed by atoms with Crippen LogP contribution in [0.25, 0.3) is 22.3 Å². The van der Waals surface area contributed by atoms with Crippen molar-refractivity contribution in [2.24, 2.45) is 0 Å². The first-order valence-corrected chi connectivity index (χ1v) is 17.1. The average molecular weight is 658 g/mol. The monoisotopic (exact) mass is 657 g/mol. The van der Waals surface area contributed by atoms with Crippen LogP contribution in [0.5, 0.6) is 11.5 Å². The smallest absolute Gasteiger partial charge is 0.251 e. The van der Waals surface area contributed by atoms with Crippen LogP contribution in [0.4, 0.5) is 11.4 Å².